The predicted octanol–water partition coefficient (Wildman–Crippen LogP) is 4.69. The van der Waals surface area contributed by atoms with Crippen LogP contribution in [0.2, 0.25) is 0 Å². The molecule has 2 nitrogen and oxygen atoms in total. The molecule has 0 aliphatic carbocycles. The molecule has 0 saturated carbocycles. The molecule has 0 fully saturated rings. The number of hydrogen-bond donors (Lipinski definition) is 0. The molecule has 112 valence electrons. The van der Waals surface area contributed by atoms with Gasteiger partial charge in [0, 0.05) is 19.7 Å². The van der Waals surface area contributed by atoms with E-state index in [9.17, 15) is 0 Å². The first-order chi connectivity index (χ1) is 9.27. The summed E-state index contributed by atoms with van der Waals surface area (Å²) in [6.45, 7) is 8.91. The van der Waals surface area contributed by atoms with Gasteiger partial charge in [0.05, 0.1) is 0 Å². The number of ether oxygens (including phenoxy) is 1. The number of rotatable bonds is 5. The lowest BCUT2D eigenvalue weighted by Gasteiger charge is -2.28. The molecule has 0 heterocycles. The monoisotopic (exact) mass is 293 g/mol. The molecule has 0 saturated heterocycles. The number of benzene rings is 1. The maximum Gasteiger partial charge on any atom is 0.264 e. The van der Waals surface area contributed by atoms with Gasteiger partial charge >= 0.3 is 0 Å². The summed E-state index contributed by atoms with van der Waals surface area (Å²) < 4.78 is 5.89. The fraction of sp³-hybridized carbons (Fsp3) is 0.588. The van der Waals surface area contributed by atoms with Gasteiger partial charge < -0.3 is 9.64 Å². The summed E-state index contributed by atoms with van der Waals surface area (Å²) >= 11 is 5.27. The summed E-state index contributed by atoms with van der Waals surface area (Å²) in [5.74, 6) is 0.885. The summed E-state index contributed by atoms with van der Waals surface area (Å²) in [5.41, 5.74) is 2.60. The average Bonchev–Trinajstić information content (AvgIpc) is 2.38. The van der Waals surface area contributed by atoms with Crippen molar-refractivity contribution in [2.24, 2.45) is 0 Å². The molecule has 1 aromatic carbocycles. The van der Waals surface area contributed by atoms with Crippen molar-refractivity contribution in [2.75, 3.05) is 14.1 Å². The third kappa shape index (κ3) is 4.48. The van der Waals surface area contributed by atoms with E-state index in [0.717, 1.165) is 12.2 Å². The van der Waals surface area contributed by atoms with Gasteiger partial charge in [-0.3, -0.25) is 0 Å². The molecule has 20 heavy (non-hydrogen) atoms. The van der Waals surface area contributed by atoms with E-state index in [4.69, 9.17) is 17.0 Å². The van der Waals surface area contributed by atoms with Crippen molar-refractivity contribution in [3.8, 4) is 5.75 Å². The lowest BCUT2D eigenvalue weighted by molar-refractivity contribution is 0.411. The second-order valence-electron chi connectivity index (χ2n) is 6.25. The number of unbranched alkanes of at least 4 members (excludes halogenated alkanes) is 1. The molecule has 0 aliphatic heterocycles. The van der Waals surface area contributed by atoms with Crippen molar-refractivity contribution in [3.63, 3.8) is 0 Å². The van der Waals surface area contributed by atoms with Crippen LogP contribution in [0.5, 0.6) is 5.75 Å². The van der Waals surface area contributed by atoms with E-state index in [1.807, 2.05) is 25.1 Å². The highest BCUT2D eigenvalue weighted by Gasteiger charge is 2.25. The SMILES string of the molecule is CCCCC(C)(C)c1cc(C)ccc1OC(=S)N(C)C. The Morgan fingerprint density at radius 2 is 1.95 bits per heavy atom. The Labute approximate surface area is 129 Å². The third-order valence-corrected chi connectivity index (χ3v) is 4.03. The van der Waals surface area contributed by atoms with Crippen LogP contribution in [-0.4, -0.2) is 24.2 Å². The Morgan fingerprint density at radius 1 is 1.30 bits per heavy atom. The van der Waals surface area contributed by atoms with Gasteiger partial charge in [0.1, 0.15) is 5.75 Å². The molecule has 0 unspecified atom stereocenters. The number of nitrogens with zero attached hydrogens (tertiary/aromatic N) is 1. The van der Waals surface area contributed by atoms with Crippen LogP contribution in [-0.2, 0) is 5.41 Å². The van der Waals surface area contributed by atoms with E-state index >= 15 is 0 Å². The van der Waals surface area contributed by atoms with Crippen LogP contribution in [0, 0.1) is 6.92 Å². The summed E-state index contributed by atoms with van der Waals surface area (Å²) in [7, 11) is 3.80. The van der Waals surface area contributed by atoms with Crippen LogP contribution in [0.4, 0.5) is 0 Å². The molecular weight excluding hydrogens is 266 g/mol. The van der Waals surface area contributed by atoms with E-state index in [2.05, 4.69) is 39.8 Å². The molecule has 0 bridgehead atoms. The minimum absolute atomic E-state index is 0.0965. The Balaban J connectivity index is 3.10. The Morgan fingerprint density at radius 3 is 2.50 bits per heavy atom. The lowest BCUT2D eigenvalue weighted by atomic mass is 9.79. The first kappa shape index (κ1) is 17.0. The van der Waals surface area contributed by atoms with Gasteiger partial charge in [-0.25, -0.2) is 0 Å². The highest BCUT2D eigenvalue weighted by molar-refractivity contribution is 7.80. The Kier molecular flexibility index (Phi) is 6.00. The minimum atomic E-state index is 0.0965. The molecular formula is C17H27NOS. The average molecular weight is 293 g/mol. The molecule has 0 radical (unpaired) electrons. The lowest BCUT2D eigenvalue weighted by Crippen LogP contribution is -2.27. The van der Waals surface area contributed by atoms with Crippen LogP contribution in [0.3, 0.4) is 0 Å². The van der Waals surface area contributed by atoms with E-state index in [1.54, 1.807) is 0 Å². The van der Waals surface area contributed by atoms with Crippen LogP contribution in [0.25, 0.3) is 0 Å². The van der Waals surface area contributed by atoms with E-state index in [0.29, 0.717) is 5.17 Å². The quantitative estimate of drug-likeness (QED) is 0.731. The normalized spacial score (nSPS) is 11.3. The van der Waals surface area contributed by atoms with Crippen LogP contribution < -0.4 is 4.74 Å². The smallest absolute Gasteiger partial charge is 0.264 e. The van der Waals surface area contributed by atoms with Gasteiger partial charge in [0.15, 0.2) is 0 Å². The highest BCUT2D eigenvalue weighted by Crippen LogP contribution is 2.36. The molecule has 3 heteroatoms. The first-order valence-electron chi connectivity index (χ1n) is 7.28. The van der Waals surface area contributed by atoms with Crippen molar-refractivity contribution in [2.45, 2.75) is 52.4 Å². The van der Waals surface area contributed by atoms with Crippen molar-refractivity contribution < 1.29 is 4.74 Å². The van der Waals surface area contributed by atoms with Gasteiger partial charge in [0.2, 0.25) is 0 Å². The molecule has 0 atom stereocenters. The largest absolute Gasteiger partial charge is 0.431 e. The zero-order chi connectivity index (χ0) is 15.3. The molecule has 0 aromatic heterocycles. The highest BCUT2D eigenvalue weighted by atomic mass is 32.1. The molecule has 0 spiro atoms. The molecule has 1 aromatic rings. The van der Waals surface area contributed by atoms with Crippen molar-refractivity contribution in [1.82, 2.24) is 4.90 Å². The maximum absolute atomic E-state index is 5.89. The number of thiocarbonyl (C=S) groups is 1. The second-order valence-corrected chi connectivity index (χ2v) is 6.60. The summed E-state index contributed by atoms with van der Waals surface area (Å²) in [5, 5.41) is 0.501. The van der Waals surface area contributed by atoms with Gasteiger partial charge in [-0.05, 0) is 37.0 Å². The Bertz CT molecular complexity index is 466. The molecule has 0 N–H and O–H groups in total. The minimum Gasteiger partial charge on any atom is -0.431 e. The predicted molar refractivity (Wildman–Crippen MR) is 90.6 cm³/mol. The fourth-order valence-corrected chi connectivity index (χ4v) is 2.29. The molecule has 0 aliphatic rings. The fourth-order valence-electron chi connectivity index (χ4n) is 2.20. The van der Waals surface area contributed by atoms with Gasteiger partial charge in [-0.15, -0.1) is 0 Å². The molecule has 1 rings (SSSR count). The van der Waals surface area contributed by atoms with Gasteiger partial charge in [-0.1, -0.05) is 51.3 Å². The van der Waals surface area contributed by atoms with Gasteiger partial charge in [0.25, 0.3) is 5.17 Å². The second kappa shape index (κ2) is 7.07. The molecule has 0 amide bonds. The van der Waals surface area contributed by atoms with E-state index in [-0.39, 0.29) is 5.41 Å². The van der Waals surface area contributed by atoms with Crippen LogP contribution in [0.15, 0.2) is 18.2 Å². The van der Waals surface area contributed by atoms with Crippen molar-refractivity contribution >= 4 is 17.4 Å². The number of hydrogen-bond acceptors (Lipinski definition) is 2. The zero-order valence-electron chi connectivity index (χ0n) is 13.6. The summed E-state index contributed by atoms with van der Waals surface area (Å²) in [4.78, 5) is 1.82. The third-order valence-electron chi connectivity index (χ3n) is 3.58. The van der Waals surface area contributed by atoms with E-state index < -0.39 is 0 Å². The summed E-state index contributed by atoms with van der Waals surface area (Å²) in [6, 6.07) is 6.34. The topological polar surface area (TPSA) is 12.5 Å². The standard InChI is InChI=1S/C17H27NOS/c1-7-8-11-17(3,4)14-12-13(2)9-10-15(14)19-16(20)18(5)6/h9-10,12H,7-8,11H2,1-6H3. The van der Waals surface area contributed by atoms with Crippen LogP contribution in [0.1, 0.15) is 51.2 Å². The summed E-state index contributed by atoms with van der Waals surface area (Å²) in [6.07, 6.45) is 3.58. The van der Waals surface area contributed by atoms with Crippen LogP contribution >= 0.6 is 12.2 Å². The first-order valence-corrected chi connectivity index (χ1v) is 7.69. The van der Waals surface area contributed by atoms with Crippen molar-refractivity contribution in [1.29, 1.82) is 0 Å². The van der Waals surface area contributed by atoms with Gasteiger partial charge in [-0.2, -0.15) is 0 Å². The zero-order valence-corrected chi connectivity index (χ0v) is 14.4. The number of aryl methyl sites for hydroxylation is 1. The maximum atomic E-state index is 5.89. The van der Waals surface area contributed by atoms with E-state index in [1.165, 1.54) is 24.0 Å². The Hall–Kier alpha value is -1.09. The van der Waals surface area contributed by atoms with Crippen molar-refractivity contribution in [3.05, 3.63) is 29.3 Å².